The third-order valence-corrected chi connectivity index (χ3v) is 5.24. The summed E-state index contributed by atoms with van der Waals surface area (Å²) in [6.07, 6.45) is 6.30. The zero-order valence-electron chi connectivity index (χ0n) is 25.0. The lowest BCUT2D eigenvalue weighted by molar-refractivity contribution is -0.0264. The van der Waals surface area contributed by atoms with E-state index in [1.807, 2.05) is 7.05 Å². The summed E-state index contributed by atoms with van der Waals surface area (Å²) in [4.78, 5) is 0. The van der Waals surface area contributed by atoms with Gasteiger partial charge in [-0.1, -0.05) is 32.6 Å². The number of nitrogens with one attached hydrogen (secondary N) is 1. The molecule has 0 saturated heterocycles. The van der Waals surface area contributed by atoms with Crippen LogP contribution < -0.4 is 5.32 Å². The van der Waals surface area contributed by atoms with E-state index in [1.165, 1.54) is 25.7 Å². The molecule has 0 bridgehead atoms. The van der Waals surface area contributed by atoms with Crippen molar-refractivity contribution in [3.8, 4) is 0 Å². The van der Waals surface area contributed by atoms with Gasteiger partial charge in [0.15, 0.2) is 0 Å². The highest BCUT2D eigenvalue weighted by molar-refractivity contribution is 4.42. The van der Waals surface area contributed by atoms with Gasteiger partial charge in [-0.3, -0.25) is 0 Å². The van der Waals surface area contributed by atoms with Crippen LogP contribution >= 0.6 is 0 Å². The topological polar surface area (TPSA) is 104 Å². The van der Waals surface area contributed by atoms with Gasteiger partial charge in [0.05, 0.1) is 126 Å². The summed E-state index contributed by atoms with van der Waals surface area (Å²) in [5, 5.41) is 3.02. The molecule has 1 N–H and O–H groups in total. The number of ether oxygens (including phenoxy) is 10. The van der Waals surface area contributed by atoms with Crippen molar-refractivity contribution in [1.29, 1.82) is 0 Å². The molecule has 0 aromatic rings. The van der Waals surface area contributed by atoms with Crippen LogP contribution in [0.5, 0.6) is 0 Å². The molecule has 11 nitrogen and oxygen atoms in total. The lowest BCUT2D eigenvalue weighted by atomic mass is 10.2. The summed E-state index contributed by atoms with van der Waals surface area (Å²) < 4.78 is 54.6. The second kappa shape index (κ2) is 37.6. The minimum Gasteiger partial charge on any atom is -0.379 e. The lowest BCUT2D eigenvalue weighted by Gasteiger charge is -2.09. The maximum absolute atomic E-state index is 5.55. The number of hydrogen-bond acceptors (Lipinski definition) is 11. The fourth-order valence-electron chi connectivity index (χ4n) is 3.06. The summed E-state index contributed by atoms with van der Waals surface area (Å²) in [6.45, 7) is 14.7. The van der Waals surface area contributed by atoms with Crippen molar-refractivity contribution in [1.82, 2.24) is 5.32 Å². The van der Waals surface area contributed by atoms with E-state index in [4.69, 9.17) is 47.4 Å². The molecule has 11 heteroatoms. The van der Waals surface area contributed by atoms with E-state index < -0.39 is 0 Å². The molecule has 0 heterocycles. The molecule has 0 aliphatic rings. The van der Waals surface area contributed by atoms with Crippen molar-refractivity contribution in [2.45, 2.75) is 39.0 Å². The number of rotatable bonds is 36. The normalized spacial score (nSPS) is 11.5. The monoisotopic (exact) mass is 569 g/mol. The maximum Gasteiger partial charge on any atom is 0.0701 e. The van der Waals surface area contributed by atoms with Gasteiger partial charge >= 0.3 is 0 Å². The van der Waals surface area contributed by atoms with E-state index >= 15 is 0 Å². The third kappa shape index (κ3) is 37.6. The molecular weight excluding hydrogens is 510 g/mol. The zero-order valence-corrected chi connectivity index (χ0v) is 25.0. The summed E-state index contributed by atoms with van der Waals surface area (Å²) in [6, 6.07) is 0. The van der Waals surface area contributed by atoms with Gasteiger partial charge in [-0.05, 0) is 13.5 Å². The van der Waals surface area contributed by atoms with E-state index in [-0.39, 0.29) is 0 Å². The number of hydrogen-bond donors (Lipinski definition) is 1. The van der Waals surface area contributed by atoms with Crippen molar-refractivity contribution >= 4 is 0 Å². The van der Waals surface area contributed by atoms with Gasteiger partial charge in [-0.2, -0.15) is 0 Å². The van der Waals surface area contributed by atoms with Gasteiger partial charge in [-0.25, -0.2) is 0 Å². The predicted molar refractivity (Wildman–Crippen MR) is 151 cm³/mol. The molecule has 0 saturated carbocycles. The van der Waals surface area contributed by atoms with Crippen LogP contribution in [0.2, 0.25) is 0 Å². The van der Waals surface area contributed by atoms with Gasteiger partial charge in [0.25, 0.3) is 0 Å². The Labute approximate surface area is 237 Å². The van der Waals surface area contributed by atoms with Crippen LogP contribution in [0.25, 0.3) is 0 Å². The Morgan fingerprint density at radius 3 is 0.846 bits per heavy atom. The molecule has 0 atom stereocenters. The molecule has 0 aliphatic carbocycles. The highest BCUT2D eigenvalue weighted by Crippen LogP contribution is 2.02. The van der Waals surface area contributed by atoms with Crippen molar-refractivity contribution in [3.63, 3.8) is 0 Å². The molecular formula is C28H59NO10. The first-order chi connectivity index (χ1) is 19.4. The van der Waals surface area contributed by atoms with E-state index in [0.717, 1.165) is 19.6 Å². The highest BCUT2D eigenvalue weighted by Gasteiger charge is 1.96. The third-order valence-electron chi connectivity index (χ3n) is 5.24. The zero-order chi connectivity index (χ0) is 28.2. The van der Waals surface area contributed by atoms with Crippen LogP contribution in [-0.2, 0) is 47.4 Å². The quantitative estimate of drug-likeness (QED) is 0.112. The summed E-state index contributed by atoms with van der Waals surface area (Å²) in [5.41, 5.74) is 0. The molecule has 0 amide bonds. The van der Waals surface area contributed by atoms with Crippen molar-refractivity contribution in [2.75, 3.05) is 146 Å². The minimum absolute atomic E-state index is 0.531. The summed E-state index contributed by atoms with van der Waals surface area (Å²) in [5.74, 6) is 0. The molecule has 0 spiro atoms. The largest absolute Gasteiger partial charge is 0.379 e. The smallest absolute Gasteiger partial charge is 0.0701 e. The SMILES string of the molecule is CCCCCCCOCCOCCOCCOCCOCCOCCOCCOCCOCCOCCNC. The molecule has 0 rings (SSSR count). The first-order valence-corrected chi connectivity index (χ1v) is 14.8. The van der Waals surface area contributed by atoms with Crippen LogP contribution in [0.15, 0.2) is 0 Å². The Kier molecular flexibility index (Phi) is 37.1. The summed E-state index contributed by atoms with van der Waals surface area (Å²) >= 11 is 0. The van der Waals surface area contributed by atoms with Crippen molar-refractivity contribution < 1.29 is 47.4 Å². The molecule has 39 heavy (non-hydrogen) atoms. The molecule has 0 aromatic carbocycles. The molecule has 0 fully saturated rings. The van der Waals surface area contributed by atoms with Crippen LogP contribution in [-0.4, -0.2) is 146 Å². The van der Waals surface area contributed by atoms with E-state index in [2.05, 4.69) is 12.2 Å². The molecule has 0 radical (unpaired) electrons. The first kappa shape index (κ1) is 38.6. The molecule has 0 aliphatic heterocycles. The highest BCUT2D eigenvalue weighted by atomic mass is 16.6. The first-order valence-electron chi connectivity index (χ1n) is 14.8. The second-order valence-corrected chi connectivity index (χ2v) is 8.64. The second-order valence-electron chi connectivity index (χ2n) is 8.64. The van der Waals surface area contributed by atoms with Gasteiger partial charge < -0.3 is 52.7 Å². The minimum atomic E-state index is 0.531. The number of likely N-dealkylation sites (N-methyl/N-ethyl adjacent to an activating group) is 1. The van der Waals surface area contributed by atoms with Crippen LogP contribution in [0.3, 0.4) is 0 Å². The lowest BCUT2D eigenvalue weighted by Crippen LogP contribution is -2.17. The predicted octanol–water partition coefficient (Wildman–Crippen LogP) is 2.34. The Balaban J connectivity index is 3.01. The fraction of sp³-hybridized carbons (Fsp3) is 1.00. The van der Waals surface area contributed by atoms with Crippen molar-refractivity contribution in [2.24, 2.45) is 0 Å². The van der Waals surface area contributed by atoms with Gasteiger partial charge in [0, 0.05) is 13.2 Å². The van der Waals surface area contributed by atoms with Crippen LogP contribution in [0.4, 0.5) is 0 Å². The van der Waals surface area contributed by atoms with Gasteiger partial charge in [-0.15, -0.1) is 0 Å². The van der Waals surface area contributed by atoms with E-state index in [1.54, 1.807) is 0 Å². The van der Waals surface area contributed by atoms with Crippen molar-refractivity contribution in [3.05, 3.63) is 0 Å². The van der Waals surface area contributed by atoms with E-state index in [0.29, 0.717) is 126 Å². The van der Waals surface area contributed by atoms with Crippen LogP contribution in [0.1, 0.15) is 39.0 Å². The van der Waals surface area contributed by atoms with Crippen LogP contribution in [0, 0.1) is 0 Å². The summed E-state index contributed by atoms with van der Waals surface area (Å²) in [7, 11) is 1.90. The standard InChI is InChI=1S/C28H59NO10/c1-3-4-5-6-7-9-30-11-13-32-15-17-34-19-21-36-23-25-38-27-28-39-26-24-37-22-20-35-18-16-33-14-12-31-10-8-29-2/h29H,3-28H2,1-2H3. The average molecular weight is 570 g/mol. The Hall–Kier alpha value is -0.440. The van der Waals surface area contributed by atoms with Gasteiger partial charge in [0.1, 0.15) is 0 Å². The van der Waals surface area contributed by atoms with Gasteiger partial charge in [0.2, 0.25) is 0 Å². The average Bonchev–Trinajstić information content (AvgIpc) is 2.95. The Morgan fingerprint density at radius 2 is 0.564 bits per heavy atom. The van der Waals surface area contributed by atoms with E-state index in [9.17, 15) is 0 Å². The number of unbranched alkanes of at least 4 members (excludes halogenated alkanes) is 4. The molecule has 0 aromatic heterocycles. The molecule has 0 unspecified atom stereocenters. The molecule has 236 valence electrons. The Morgan fingerprint density at radius 1 is 0.308 bits per heavy atom. The fourth-order valence-corrected chi connectivity index (χ4v) is 3.06. The Bertz CT molecular complexity index is 388. The maximum atomic E-state index is 5.55.